The van der Waals surface area contributed by atoms with Crippen LogP contribution in [0.15, 0.2) is 16.9 Å². The Hall–Kier alpha value is -1.65. The average Bonchev–Trinajstić information content (AvgIpc) is 2.89. The molecule has 0 spiro atoms. The zero-order valence-electron chi connectivity index (χ0n) is 12.9. The van der Waals surface area contributed by atoms with Crippen molar-refractivity contribution < 1.29 is 14.0 Å². The van der Waals surface area contributed by atoms with Crippen LogP contribution in [0.1, 0.15) is 12.2 Å². The molecular weight excluding hydrogens is 303 g/mol. The number of hydrogen-bond donors (Lipinski definition) is 1. The van der Waals surface area contributed by atoms with Gasteiger partial charge < -0.3 is 19.0 Å². The van der Waals surface area contributed by atoms with Gasteiger partial charge in [-0.2, -0.15) is 0 Å². The largest absolute Gasteiger partial charge is 0.487 e. The second-order valence-electron chi connectivity index (χ2n) is 5.94. The Bertz CT molecular complexity index is 818. The summed E-state index contributed by atoms with van der Waals surface area (Å²) in [4.78, 5) is 19.1. The van der Waals surface area contributed by atoms with Crippen LogP contribution in [0, 0.1) is 6.92 Å². The Balaban J connectivity index is 2.18. The van der Waals surface area contributed by atoms with E-state index in [4.69, 9.17) is 9.47 Å². The van der Waals surface area contributed by atoms with E-state index in [1.165, 1.54) is 0 Å². The van der Waals surface area contributed by atoms with Gasteiger partial charge in [-0.1, -0.05) is 0 Å². The highest BCUT2D eigenvalue weighted by molar-refractivity contribution is 7.70. The summed E-state index contributed by atoms with van der Waals surface area (Å²) < 4.78 is 23.9. The minimum atomic E-state index is -2.59. The number of ether oxygens (including phenoxy) is 2. The van der Waals surface area contributed by atoms with Gasteiger partial charge in [0.2, 0.25) is 0 Å². The van der Waals surface area contributed by atoms with Crippen LogP contribution in [0.4, 0.5) is 0 Å². The maximum Gasteiger partial charge on any atom is 0.258 e. The molecule has 1 atom stereocenters. The van der Waals surface area contributed by atoms with Gasteiger partial charge in [0.15, 0.2) is 0 Å². The van der Waals surface area contributed by atoms with Gasteiger partial charge in [0.05, 0.1) is 29.4 Å². The second-order valence-corrected chi connectivity index (χ2v) is 9.13. The van der Waals surface area contributed by atoms with Crippen molar-refractivity contribution in [3.63, 3.8) is 0 Å². The number of benzene rings is 1. The quantitative estimate of drug-likeness (QED) is 0.869. The molecule has 1 unspecified atom stereocenters. The van der Waals surface area contributed by atoms with Gasteiger partial charge in [0, 0.05) is 12.5 Å². The molecule has 0 radical (unpaired) electrons. The fourth-order valence-electron chi connectivity index (χ4n) is 2.57. The van der Waals surface area contributed by atoms with Crippen molar-refractivity contribution in [1.82, 2.24) is 9.97 Å². The van der Waals surface area contributed by atoms with E-state index in [9.17, 15) is 9.36 Å². The first-order valence-electron chi connectivity index (χ1n) is 7.19. The zero-order chi connectivity index (χ0) is 15.9. The molecule has 0 saturated carbocycles. The highest BCUT2D eigenvalue weighted by Crippen LogP contribution is 2.40. The van der Waals surface area contributed by atoms with Crippen molar-refractivity contribution in [2.75, 3.05) is 26.5 Å². The number of rotatable bonds is 3. The van der Waals surface area contributed by atoms with E-state index in [1.54, 1.807) is 32.4 Å². The highest BCUT2D eigenvalue weighted by Gasteiger charge is 2.24. The average molecular weight is 322 g/mol. The summed E-state index contributed by atoms with van der Waals surface area (Å²) in [5, 5.41) is 1.00. The molecule has 22 heavy (non-hydrogen) atoms. The summed E-state index contributed by atoms with van der Waals surface area (Å²) >= 11 is 0. The first-order chi connectivity index (χ1) is 10.3. The third-order valence-corrected chi connectivity index (χ3v) is 5.18. The van der Waals surface area contributed by atoms with Crippen molar-refractivity contribution in [3.8, 4) is 5.75 Å². The van der Waals surface area contributed by atoms with Crippen molar-refractivity contribution >= 4 is 23.3 Å². The summed E-state index contributed by atoms with van der Waals surface area (Å²) in [5.74, 6) is 1.07. The van der Waals surface area contributed by atoms with Gasteiger partial charge in [-0.15, -0.1) is 0 Å². The molecule has 7 heteroatoms. The summed E-state index contributed by atoms with van der Waals surface area (Å²) in [5.41, 5.74) is 0.320. The monoisotopic (exact) mass is 322 g/mol. The standard InChI is InChI=1S/C15H19N2O4P/c1-9-16-12-7-13(21-10-4-5-20-8-10)14(22(2,3)19)6-11(12)15(18)17-9/h6-7,10H,4-5,8H2,1-3H3,(H,16,17,18). The number of nitrogens with one attached hydrogen (secondary N) is 1. The van der Waals surface area contributed by atoms with Crippen LogP contribution in [-0.4, -0.2) is 42.6 Å². The first-order valence-corrected chi connectivity index (χ1v) is 9.79. The van der Waals surface area contributed by atoms with Gasteiger partial charge in [-0.3, -0.25) is 4.79 Å². The lowest BCUT2D eigenvalue weighted by atomic mass is 10.2. The Labute approximate surface area is 128 Å². The Morgan fingerprint density at radius 3 is 2.82 bits per heavy atom. The number of nitrogens with zero attached hydrogens (tertiary/aromatic N) is 1. The molecule has 0 amide bonds. The first kappa shape index (κ1) is 15.3. The van der Waals surface area contributed by atoms with Crippen LogP contribution in [0.2, 0.25) is 0 Å². The van der Waals surface area contributed by atoms with Gasteiger partial charge in [-0.05, 0) is 26.3 Å². The zero-order valence-corrected chi connectivity index (χ0v) is 13.8. The van der Waals surface area contributed by atoms with E-state index in [0.717, 1.165) is 6.42 Å². The van der Waals surface area contributed by atoms with Crippen LogP contribution in [0.25, 0.3) is 10.9 Å². The minimum absolute atomic E-state index is 0.0501. The molecule has 0 aliphatic carbocycles. The SMILES string of the molecule is Cc1nc2cc(OC3CCOC3)c(P(C)(C)=O)cc2c(=O)[nH]1. The predicted octanol–water partition coefficient (Wildman–Crippen LogP) is 1.65. The summed E-state index contributed by atoms with van der Waals surface area (Å²) in [6, 6.07) is 3.36. The van der Waals surface area contributed by atoms with Crippen LogP contribution in [-0.2, 0) is 9.30 Å². The summed E-state index contributed by atoms with van der Waals surface area (Å²) in [6.45, 7) is 6.26. The molecule has 2 aromatic rings. The van der Waals surface area contributed by atoms with E-state index in [-0.39, 0.29) is 11.7 Å². The van der Waals surface area contributed by atoms with Crippen LogP contribution in [0.5, 0.6) is 5.75 Å². The number of H-pyrrole nitrogens is 1. The lowest BCUT2D eigenvalue weighted by Crippen LogP contribution is -2.21. The molecule has 1 saturated heterocycles. The van der Waals surface area contributed by atoms with Crippen molar-refractivity contribution in [2.24, 2.45) is 0 Å². The van der Waals surface area contributed by atoms with E-state index in [1.807, 2.05) is 0 Å². The predicted molar refractivity (Wildman–Crippen MR) is 86.0 cm³/mol. The van der Waals surface area contributed by atoms with Gasteiger partial charge in [0.25, 0.3) is 5.56 Å². The smallest absolute Gasteiger partial charge is 0.258 e. The third kappa shape index (κ3) is 2.94. The molecule has 2 heterocycles. The summed E-state index contributed by atoms with van der Waals surface area (Å²) in [7, 11) is -2.59. The van der Waals surface area contributed by atoms with E-state index >= 15 is 0 Å². The molecule has 1 aliphatic heterocycles. The Morgan fingerprint density at radius 2 is 2.18 bits per heavy atom. The number of aromatic nitrogens is 2. The normalized spacial score (nSPS) is 18.8. The molecular formula is C15H19N2O4P. The van der Waals surface area contributed by atoms with E-state index < -0.39 is 7.14 Å². The molecule has 3 rings (SSSR count). The van der Waals surface area contributed by atoms with Gasteiger partial charge in [0.1, 0.15) is 24.8 Å². The topological polar surface area (TPSA) is 81.3 Å². The Kier molecular flexibility index (Phi) is 3.83. The maximum atomic E-state index is 12.6. The molecule has 118 valence electrons. The molecule has 0 bridgehead atoms. The lowest BCUT2D eigenvalue weighted by Gasteiger charge is -2.18. The van der Waals surface area contributed by atoms with E-state index in [0.29, 0.717) is 41.0 Å². The van der Waals surface area contributed by atoms with Gasteiger partial charge >= 0.3 is 0 Å². The van der Waals surface area contributed by atoms with Crippen LogP contribution < -0.4 is 15.6 Å². The summed E-state index contributed by atoms with van der Waals surface area (Å²) in [6.07, 6.45) is 0.752. The van der Waals surface area contributed by atoms with E-state index in [2.05, 4.69) is 9.97 Å². The second kappa shape index (κ2) is 5.52. The minimum Gasteiger partial charge on any atom is -0.487 e. The molecule has 6 nitrogen and oxygen atoms in total. The number of aryl methyl sites for hydroxylation is 1. The molecule has 1 aliphatic rings. The van der Waals surface area contributed by atoms with Crippen LogP contribution in [0.3, 0.4) is 0 Å². The highest BCUT2D eigenvalue weighted by atomic mass is 31.2. The maximum absolute atomic E-state index is 12.6. The van der Waals surface area contributed by atoms with Crippen LogP contribution >= 0.6 is 7.14 Å². The molecule has 1 fully saturated rings. The number of aromatic amines is 1. The van der Waals surface area contributed by atoms with Crippen molar-refractivity contribution in [2.45, 2.75) is 19.4 Å². The van der Waals surface area contributed by atoms with Crippen molar-refractivity contribution in [3.05, 3.63) is 28.3 Å². The number of fused-ring (bicyclic) bond motifs is 1. The molecule has 1 aromatic heterocycles. The number of hydrogen-bond acceptors (Lipinski definition) is 5. The van der Waals surface area contributed by atoms with Crippen molar-refractivity contribution in [1.29, 1.82) is 0 Å². The van der Waals surface area contributed by atoms with Gasteiger partial charge in [-0.25, -0.2) is 4.98 Å². The fraction of sp³-hybridized carbons (Fsp3) is 0.467. The fourth-order valence-corrected chi connectivity index (χ4v) is 3.66. The lowest BCUT2D eigenvalue weighted by molar-refractivity contribution is 0.142. The molecule has 1 aromatic carbocycles. The molecule has 1 N–H and O–H groups in total. The Morgan fingerprint density at radius 1 is 1.41 bits per heavy atom. The third-order valence-electron chi connectivity index (χ3n) is 3.67.